The number of alkyl halides is 3. The van der Waals surface area contributed by atoms with Crippen LogP contribution in [-0.4, -0.2) is 30.5 Å². The highest BCUT2D eigenvalue weighted by Gasteiger charge is 2.31. The first-order valence-electron chi connectivity index (χ1n) is 6.07. The number of nitrogens with zero attached hydrogens (tertiary/aromatic N) is 2. The minimum Gasteiger partial charge on any atom is -0.322 e. The van der Waals surface area contributed by atoms with Crippen LogP contribution in [0.1, 0.15) is 15.9 Å². The fourth-order valence-electron chi connectivity index (χ4n) is 1.61. The Labute approximate surface area is 129 Å². The van der Waals surface area contributed by atoms with Crippen molar-refractivity contribution < 1.29 is 26.4 Å². The number of anilines is 1. The highest BCUT2D eigenvalue weighted by molar-refractivity contribution is 7.90. The topological polar surface area (TPSA) is 89.0 Å². The summed E-state index contributed by atoms with van der Waals surface area (Å²) in [7, 11) is -3.58. The highest BCUT2D eigenvalue weighted by atomic mass is 32.2. The van der Waals surface area contributed by atoms with Gasteiger partial charge in [-0.2, -0.15) is 13.2 Å². The van der Waals surface area contributed by atoms with Gasteiger partial charge in [0.1, 0.15) is 0 Å². The molecule has 1 N–H and O–H groups in total. The van der Waals surface area contributed by atoms with Gasteiger partial charge < -0.3 is 5.32 Å². The molecule has 122 valence electrons. The van der Waals surface area contributed by atoms with E-state index in [9.17, 15) is 26.4 Å². The molecule has 2 heterocycles. The number of carbonyl (C=O) groups is 1. The molecule has 23 heavy (non-hydrogen) atoms. The summed E-state index contributed by atoms with van der Waals surface area (Å²) in [6.45, 7) is 0. The van der Waals surface area contributed by atoms with Crippen LogP contribution in [-0.2, 0) is 16.0 Å². The Kier molecular flexibility index (Phi) is 4.37. The molecular formula is C13H10F3N3O3S. The standard InChI is InChI=1S/C13H10F3N3O3S/c1-23(21,22)11-5-10(2-3-18-11)19-12(20)8-4-9(7-17-6-8)13(14,15)16/h2-7H,1H3,(H,18,19,20). The van der Waals surface area contributed by atoms with Gasteiger partial charge in [-0.3, -0.25) is 9.78 Å². The number of nitrogens with one attached hydrogen (secondary N) is 1. The number of aromatic nitrogens is 2. The number of carbonyl (C=O) groups excluding carboxylic acids is 1. The molecule has 0 radical (unpaired) electrons. The van der Waals surface area contributed by atoms with Crippen molar-refractivity contribution in [2.75, 3.05) is 11.6 Å². The lowest BCUT2D eigenvalue weighted by Crippen LogP contribution is -2.15. The summed E-state index contributed by atoms with van der Waals surface area (Å²) in [4.78, 5) is 19.0. The summed E-state index contributed by atoms with van der Waals surface area (Å²) < 4.78 is 60.6. The fourth-order valence-corrected chi connectivity index (χ4v) is 2.21. The molecule has 10 heteroatoms. The number of halogens is 3. The second kappa shape index (κ2) is 5.95. The number of rotatable bonds is 3. The lowest BCUT2D eigenvalue weighted by molar-refractivity contribution is -0.137. The maximum absolute atomic E-state index is 12.6. The molecular weight excluding hydrogens is 335 g/mol. The number of sulfone groups is 1. The largest absolute Gasteiger partial charge is 0.417 e. The van der Waals surface area contributed by atoms with Gasteiger partial charge in [0.05, 0.1) is 11.1 Å². The molecule has 0 unspecified atom stereocenters. The second-order valence-corrected chi connectivity index (χ2v) is 6.53. The van der Waals surface area contributed by atoms with Crippen molar-refractivity contribution in [2.45, 2.75) is 11.2 Å². The Bertz CT molecular complexity index is 851. The summed E-state index contributed by atoms with van der Waals surface area (Å²) in [6.07, 6.45) is -0.939. The monoisotopic (exact) mass is 345 g/mol. The Morgan fingerprint density at radius 2 is 1.91 bits per heavy atom. The van der Waals surface area contributed by atoms with Crippen molar-refractivity contribution >= 4 is 21.4 Å². The SMILES string of the molecule is CS(=O)(=O)c1cc(NC(=O)c2cncc(C(F)(F)F)c2)ccn1. The normalized spacial score (nSPS) is 12.0. The van der Waals surface area contributed by atoms with Gasteiger partial charge in [-0.15, -0.1) is 0 Å². The van der Waals surface area contributed by atoms with Crippen LogP contribution < -0.4 is 5.32 Å². The molecule has 0 saturated heterocycles. The van der Waals surface area contributed by atoms with Crippen molar-refractivity contribution in [3.05, 3.63) is 47.9 Å². The minimum atomic E-state index is -4.62. The van der Waals surface area contributed by atoms with Crippen LogP contribution in [0.3, 0.4) is 0 Å². The second-order valence-electron chi connectivity index (χ2n) is 4.57. The molecule has 1 amide bonds. The maximum atomic E-state index is 12.6. The minimum absolute atomic E-state index is 0.0860. The van der Waals surface area contributed by atoms with Crippen molar-refractivity contribution in [3.63, 3.8) is 0 Å². The van der Waals surface area contributed by atoms with Gasteiger partial charge in [0.25, 0.3) is 5.91 Å². The van der Waals surface area contributed by atoms with E-state index in [2.05, 4.69) is 15.3 Å². The van der Waals surface area contributed by atoms with Gasteiger partial charge in [0, 0.05) is 30.5 Å². The molecule has 0 atom stereocenters. The Morgan fingerprint density at radius 1 is 1.22 bits per heavy atom. The first-order chi connectivity index (χ1) is 10.6. The molecule has 0 aliphatic carbocycles. The maximum Gasteiger partial charge on any atom is 0.417 e. The van der Waals surface area contributed by atoms with E-state index in [0.29, 0.717) is 12.3 Å². The predicted molar refractivity (Wildman–Crippen MR) is 74.5 cm³/mol. The van der Waals surface area contributed by atoms with Crippen molar-refractivity contribution in [1.82, 2.24) is 9.97 Å². The highest BCUT2D eigenvalue weighted by Crippen LogP contribution is 2.29. The fraction of sp³-hybridized carbons (Fsp3) is 0.154. The zero-order valence-electron chi connectivity index (χ0n) is 11.6. The zero-order chi connectivity index (χ0) is 17.3. The smallest absolute Gasteiger partial charge is 0.322 e. The van der Waals surface area contributed by atoms with Gasteiger partial charge >= 0.3 is 6.18 Å². The third-order valence-corrected chi connectivity index (χ3v) is 3.68. The molecule has 2 aromatic heterocycles. The number of hydrogen-bond acceptors (Lipinski definition) is 5. The Morgan fingerprint density at radius 3 is 2.52 bits per heavy atom. The van der Waals surface area contributed by atoms with Crippen LogP contribution >= 0.6 is 0 Å². The van der Waals surface area contributed by atoms with Crippen LogP contribution in [0, 0.1) is 0 Å². The van der Waals surface area contributed by atoms with Crippen molar-refractivity contribution in [2.24, 2.45) is 0 Å². The molecule has 0 aliphatic rings. The molecule has 0 spiro atoms. The molecule has 0 aromatic carbocycles. The molecule has 0 bridgehead atoms. The van der Waals surface area contributed by atoms with Crippen LogP contribution in [0.2, 0.25) is 0 Å². The Hall–Kier alpha value is -2.49. The lowest BCUT2D eigenvalue weighted by Gasteiger charge is -2.09. The van der Waals surface area contributed by atoms with E-state index in [1.165, 1.54) is 6.07 Å². The molecule has 0 fully saturated rings. The van der Waals surface area contributed by atoms with E-state index in [-0.39, 0.29) is 16.3 Å². The quantitative estimate of drug-likeness (QED) is 0.921. The molecule has 2 rings (SSSR count). The van der Waals surface area contributed by atoms with Crippen molar-refractivity contribution in [1.29, 1.82) is 0 Å². The van der Waals surface area contributed by atoms with Gasteiger partial charge in [-0.1, -0.05) is 0 Å². The zero-order valence-corrected chi connectivity index (χ0v) is 12.4. The first-order valence-corrected chi connectivity index (χ1v) is 7.96. The molecule has 0 saturated carbocycles. The van der Waals surface area contributed by atoms with E-state index >= 15 is 0 Å². The van der Waals surface area contributed by atoms with E-state index in [4.69, 9.17) is 0 Å². The molecule has 2 aromatic rings. The average Bonchev–Trinajstić information content (AvgIpc) is 2.46. The summed E-state index contributed by atoms with van der Waals surface area (Å²) in [6, 6.07) is 3.07. The van der Waals surface area contributed by atoms with Crippen LogP contribution in [0.4, 0.5) is 18.9 Å². The van der Waals surface area contributed by atoms with Gasteiger partial charge in [0.2, 0.25) is 0 Å². The number of hydrogen-bond donors (Lipinski definition) is 1. The van der Waals surface area contributed by atoms with Crippen LogP contribution in [0.15, 0.2) is 41.8 Å². The predicted octanol–water partition coefficient (Wildman–Crippen LogP) is 2.15. The Balaban J connectivity index is 2.27. The van der Waals surface area contributed by atoms with Crippen molar-refractivity contribution in [3.8, 4) is 0 Å². The number of pyridine rings is 2. The van der Waals surface area contributed by atoms with E-state index < -0.39 is 27.5 Å². The van der Waals surface area contributed by atoms with Gasteiger partial charge in [0.15, 0.2) is 14.9 Å². The number of amides is 1. The van der Waals surface area contributed by atoms with E-state index in [1.807, 2.05) is 0 Å². The molecule has 0 aliphatic heterocycles. The molecule has 6 nitrogen and oxygen atoms in total. The summed E-state index contributed by atoms with van der Waals surface area (Å²) in [5, 5.41) is 2.03. The lowest BCUT2D eigenvalue weighted by atomic mass is 10.2. The van der Waals surface area contributed by atoms with Gasteiger partial charge in [-0.25, -0.2) is 13.4 Å². The summed E-state index contributed by atoms with van der Waals surface area (Å²) in [5.41, 5.74) is -1.28. The summed E-state index contributed by atoms with van der Waals surface area (Å²) >= 11 is 0. The third kappa shape index (κ3) is 4.25. The van der Waals surface area contributed by atoms with E-state index in [1.54, 1.807) is 0 Å². The van der Waals surface area contributed by atoms with Crippen LogP contribution in [0.5, 0.6) is 0 Å². The summed E-state index contributed by atoms with van der Waals surface area (Å²) in [5.74, 6) is -0.853. The van der Waals surface area contributed by atoms with Crippen LogP contribution in [0.25, 0.3) is 0 Å². The first kappa shape index (κ1) is 16.9. The average molecular weight is 345 g/mol. The van der Waals surface area contributed by atoms with E-state index in [0.717, 1.165) is 24.7 Å². The third-order valence-electron chi connectivity index (χ3n) is 2.70. The van der Waals surface area contributed by atoms with Gasteiger partial charge in [-0.05, 0) is 18.2 Å².